The highest BCUT2D eigenvalue weighted by Crippen LogP contribution is 2.18. The zero-order chi connectivity index (χ0) is 17.9. The second-order valence-corrected chi connectivity index (χ2v) is 7.76. The first kappa shape index (κ1) is 17.6. The zero-order valence-electron chi connectivity index (χ0n) is 13.6. The van der Waals surface area contributed by atoms with E-state index in [0.29, 0.717) is 25.9 Å². The van der Waals surface area contributed by atoms with E-state index in [4.69, 9.17) is 4.42 Å². The molecule has 1 aliphatic rings. The van der Waals surface area contributed by atoms with Crippen molar-refractivity contribution in [2.75, 3.05) is 26.2 Å². The summed E-state index contributed by atoms with van der Waals surface area (Å²) < 4.78 is 44.6. The number of sulfonamides is 1. The number of carbonyl (C=O) groups excluding carboxylic acids is 1. The molecule has 3 rings (SSSR count). The number of piperazine rings is 1. The van der Waals surface area contributed by atoms with Crippen LogP contribution >= 0.6 is 0 Å². The standard InChI is InChI=1S/C17H19FN2O4S/c18-14-3-6-16(7-4-14)25(22,23)20-11-9-19(10-12-20)17(21)8-5-15-2-1-13-24-15/h1-4,6-7,13H,5,8-12H2. The Morgan fingerprint density at radius 3 is 2.36 bits per heavy atom. The summed E-state index contributed by atoms with van der Waals surface area (Å²) in [5.74, 6) is 0.257. The van der Waals surface area contributed by atoms with Gasteiger partial charge >= 0.3 is 0 Å². The van der Waals surface area contributed by atoms with E-state index in [1.165, 1.54) is 16.4 Å². The molecule has 1 fully saturated rings. The number of furan rings is 1. The highest BCUT2D eigenvalue weighted by molar-refractivity contribution is 7.89. The predicted octanol–water partition coefficient (Wildman–Crippen LogP) is 1.88. The molecule has 0 radical (unpaired) electrons. The lowest BCUT2D eigenvalue weighted by atomic mass is 10.2. The Bertz CT molecular complexity index is 811. The van der Waals surface area contributed by atoms with Crippen LogP contribution in [0.3, 0.4) is 0 Å². The fourth-order valence-electron chi connectivity index (χ4n) is 2.78. The molecule has 0 aliphatic carbocycles. The highest BCUT2D eigenvalue weighted by Gasteiger charge is 2.29. The summed E-state index contributed by atoms with van der Waals surface area (Å²) in [6.45, 7) is 1.15. The second-order valence-electron chi connectivity index (χ2n) is 5.82. The predicted molar refractivity (Wildman–Crippen MR) is 88.8 cm³/mol. The molecule has 8 heteroatoms. The van der Waals surface area contributed by atoms with E-state index in [9.17, 15) is 17.6 Å². The van der Waals surface area contributed by atoms with Gasteiger partial charge in [-0.15, -0.1) is 0 Å². The van der Waals surface area contributed by atoms with E-state index in [1.807, 2.05) is 6.07 Å². The summed E-state index contributed by atoms with van der Waals surface area (Å²) in [4.78, 5) is 14.0. The number of amides is 1. The molecule has 0 N–H and O–H groups in total. The Morgan fingerprint density at radius 1 is 1.08 bits per heavy atom. The number of aryl methyl sites for hydroxylation is 1. The Hall–Kier alpha value is -2.19. The van der Waals surface area contributed by atoms with Gasteiger partial charge in [0.2, 0.25) is 15.9 Å². The SMILES string of the molecule is O=C(CCc1ccco1)N1CCN(S(=O)(=O)c2ccc(F)cc2)CC1. The van der Waals surface area contributed by atoms with Gasteiger partial charge in [-0.3, -0.25) is 4.79 Å². The molecule has 1 saturated heterocycles. The highest BCUT2D eigenvalue weighted by atomic mass is 32.2. The summed E-state index contributed by atoms with van der Waals surface area (Å²) in [5, 5.41) is 0. The molecule has 1 amide bonds. The molecule has 0 bridgehead atoms. The number of hydrogen-bond acceptors (Lipinski definition) is 4. The van der Waals surface area contributed by atoms with E-state index in [1.54, 1.807) is 17.2 Å². The van der Waals surface area contributed by atoms with Gasteiger partial charge in [0.25, 0.3) is 0 Å². The molecular weight excluding hydrogens is 347 g/mol. The molecule has 1 aliphatic heterocycles. The maximum atomic E-state index is 13.0. The lowest BCUT2D eigenvalue weighted by molar-refractivity contribution is -0.132. The van der Waals surface area contributed by atoms with E-state index >= 15 is 0 Å². The van der Waals surface area contributed by atoms with Crippen LogP contribution in [0.5, 0.6) is 0 Å². The zero-order valence-corrected chi connectivity index (χ0v) is 14.4. The van der Waals surface area contributed by atoms with Crippen LogP contribution in [0.15, 0.2) is 52.0 Å². The Balaban J connectivity index is 1.55. The largest absolute Gasteiger partial charge is 0.469 e. The van der Waals surface area contributed by atoms with Gasteiger partial charge in [0.05, 0.1) is 11.2 Å². The van der Waals surface area contributed by atoms with Crippen LogP contribution in [0, 0.1) is 5.82 Å². The number of benzene rings is 1. The molecule has 6 nitrogen and oxygen atoms in total. The Labute approximate surface area is 145 Å². The maximum absolute atomic E-state index is 13.0. The maximum Gasteiger partial charge on any atom is 0.243 e. The van der Waals surface area contributed by atoms with Crippen molar-refractivity contribution in [2.24, 2.45) is 0 Å². The van der Waals surface area contributed by atoms with Gasteiger partial charge < -0.3 is 9.32 Å². The van der Waals surface area contributed by atoms with Crippen LogP contribution in [0.4, 0.5) is 4.39 Å². The first-order valence-corrected chi connectivity index (χ1v) is 9.47. The third kappa shape index (κ3) is 4.08. The monoisotopic (exact) mass is 366 g/mol. The molecule has 1 aromatic carbocycles. The van der Waals surface area contributed by atoms with Crippen molar-refractivity contribution in [2.45, 2.75) is 17.7 Å². The minimum Gasteiger partial charge on any atom is -0.469 e. The van der Waals surface area contributed by atoms with E-state index in [0.717, 1.165) is 17.9 Å². The minimum absolute atomic E-state index is 0.0183. The summed E-state index contributed by atoms with van der Waals surface area (Å²) in [6, 6.07) is 8.36. The van der Waals surface area contributed by atoms with Crippen molar-refractivity contribution >= 4 is 15.9 Å². The molecule has 0 unspecified atom stereocenters. The average molecular weight is 366 g/mol. The number of halogens is 1. The van der Waals surface area contributed by atoms with Gasteiger partial charge in [-0.1, -0.05) is 0 Å². The number of nitrogens with zero attached hydrogens (tertiary/aromatic N) is 2. The van der Waals surface area contributed by atoms with Crippen LogP contribution in [-0.2, 0) is 21.2 Å². The fourth-order valence-corrected chi connectivity index (χ4v) is 4.20. The summed E-state index contributed by atoms with van der Waals surface area (Å²) in [7, 11) is -3.66. The van der Waals surface area contributed by atoms with Crippen LogP contribution < -0.4 is 0 Å². The molecule has 2 heterocycles. The van der Waals surface area contributed by atoms with Gasteiger partial charge in [0.1, 0.15) is 11.6 Å². The molecule has 0 saturated carbocycles. The second kappa shape index (κ2) is 7.37. The minimum atomic E-state index is -3.66. The fraction of sp³-hybridized carbons (Fsp3) is 0.353. The summed E-state index contributed by atoms with van der Waals surface area (Å²) >= 11 is 0. The molecule has 25 heavy (non-hydrogen) atoms. The number of hydrogen-bond donors (Lipinski definition) is 0. The van der Waals surface area contributed by atoms with Crippen molar-refractivity contribution < 1.29 is 22.0 Å². The third-order valence-electron chi connectivity index (χ3n) is 4.21. The number of rotatable bonds is 5. The van der Waals surface area contributed by atoms with Gasteiger partial charge in [-0.25, -0.2) is 12.8 Å². The quantitative estimate of drug-likeness (QED) is 0.810. The van der Waals surface area contributed by atoms with E-state index in [2.05, 4.69) is 0 Å². The van der Waals surface area contributed by atoms with Gasteiger partial charge in [-0.05, 0) is 36.4 Å². The van der Waals surface area contributed by atoms with E-state index in [-0.39, 0.29) is 23.9 Å². The number of carbonyl (C=O) groups is 1. The molecule has 134 valence electrons. The van der Waals surface area contributed by atoms with Gasteiger partial charge in [0.15, 0.2) is 0 Å². The van der Waals surface area contributed by atoms with Crippen LogP contribution in [-0.4, -0.2) is 49.7 Å². The summed E-state index contributed by atoms with van der Waals surface area (Å²) in [5.41, 5.74) is 0. The first-order valence-electron chi connectivity index (χ1n) is 8.03. The van der Waals surface area contributed by atoms with Crippen molar-refractivity contribution in [3.05, 3.63) is 54.2 Å². The Morgan fingerprint density at radius 2 is 1.76 bits per heavy atom. The normalized spacial score (nSPS) is 16.1. The molecule has 0 spiro atoms. The van der Waals surface area contributed by atoms with E-state index < -0.39 is 15.8 Å². The van der Waals surface area contributed by atoms with Crippen molar-refractivity contribution in [1.82, 2.24) is 9.21 Å². The summed E-state index contributed by atoms with van der Waals surface area (Å²) in [6.07, 6.45) is 2.43. The molecule has 0 atom stereocenters. The third-order valence-corrected chi connectivity index (χ3v) is 6.12. The van der Waals surface area contributed by atoms with Gasteiger partial charge in [0, 0.05) is 39.0 Å². The topological polar surface area (TPSA) is 70.8 Å². The van der Waals surface area contributed by atoms with Crippen LogP contribution in [0.25, 0.3) is 0 Å². The molecule has 1 aromatic heterocycles. The lowest BCUT2D eigenvalue weighted by Crippen LogP contribution is -2.50. The smallest absolute Gasteiger partial charge is 0.243 e. The van der Waals surface area contributed by atoms with Gasteiger partial charge in [-0.2, -0.15) is 4.31 Å². The van der Waals surface area contributed by atoms with Crippen LogP contribution in [0.1, 0.15) is 12.2 Å². The lowest BCUT2D eigenvalue weighted by Gasteiger charge is -2.34. The van der Waals surface area contributed by atoms with Crippen LogP contribution in [0.2, 0.25) is 0 Å². The molecule has 2 aromatic rings. The average Bonchev–Trinajstić information content (AvgIpc) is 3.14. The first-order chi connectivity index (χ1) is 12.0. The van der Waals surface area contributed by atoms with Crippen molar-refractivity contribution in [1.29, 1.82) is 0 Å². The van der Waals surface area contributed by atoms with Crippen molar-refractivity contribution in [3.63, 3.8) is 0 Å². The van der Waals surface area contributed by atoms with Crippen molar-refractivity contribution in [3.8, 4) is 0 Å². The Kier molecular flexibility index (Phi) is 5.19. The molecular formula is C17H19FN2O4S.